The van der Waals surface area contributed by atoms with Gasteiger partial charge in [-0.2, -0.15) is 0 Å². The third-order valence-corrected chi connectivity index (χ3v) is 3.14. The minimum atomic E-state index is -0.0885. The Hall–Kier alpha value is -2.40. The summed E-state index contributed by atoms with van der Waals surface area (Å²) in [6, 6.07) is 11.3. The molecule has 3 N–H and O–H groups in total. The Kier molecular flexibility index (Phi) is 4.90. The Bertz CT molecular complexity index is 593. The number of para-hydroxylation sites is 1. The summed E-state index contributed by atoms with van der Waals surface area (Å²) in [5.74, 6) is -0.0885. The summed E-state index contributed by atoms with van der Waals surface area (Å²) in [6.07, 6.45) is 1.75. The molecule has 1 aromatic heterocycles. The van der Waals surface area contributed by atoms with Crippen LogP contribution in [0.4, 0.5) is 11.4 Å². The van der Waals surface area contributed by atoms with Crippen molar-refractivity contribution in [2.24, 2.45) is 0 Å². The summed E-state index contributed by atoms with van der Waals surface area (Å²) in [5.41, 5.74) is 9.04. The van der Waals surface area contributed by atoms with E-state index in [4.69, 9.17) is 5.73 Å². The molecule has 21 heavy (non-hydrogen) atoms. The summed E-state index contributed by atoms with van der Waals surface area (Å²) < 4.78 is 0. The van der Waals surface area contributed by atoms with Gasteiger partial charge in [0.25, 0.3) is 0 Å². The zero-order valence-electron chi connectivity index (χ0n) is 12.3. The maximum Gasteiger partial charge on any atom is 0.238 e. The molecule has 1 heterocycles. The number of benzene rings is 1. The van der Waals surface area contributed by atoms with Gasteiger partial charge in [0.1, 0.15) is 0 Å². The van der Waals surface area contributed by atoms with E-state index < -0.39 is 0 Å². The van der Waals surface area contributed by atoms with Gasteiger partial charge in [0.15, 0.2) is 0 Å². The van der Waals surface area contributed by atoms with Gasteiger partial charge >= 0.3 is 0 Å². The maximum absolute atomic E-state index is 12.1. The predicted octanol–water partition coefficient (Wildman–Crippen LogP) is 2.04. The molecule has 0 atom stereocenters. The molecule has 2 rings (SSSR count). The fourth-order valence-electron chi connectivity index (χ4n) is 2.11. The van der Waals surface area contributed by atoms with Crippen LogP contribution < -0.4 is 11.1 Å². The number of nitrogens with two attached hydrogens (primary N) is 1. The molecule has 0 unspecified atom stereocenters. The van der Waals surface area contributed by atoms with Gasteiger partial charge in [0.05, 0.1) is 23.6 Å². The van der Waals surface area contributed by atoms with Crippen molar-refractivity contribution in [2.75, 3.05) is 24.6 Å². The van der Waals surface area contributed by atoms with Crippen molar-refractivity contribution >= 4 is 17.3 Å². The van der Waals surface area contributed by atoms with E-state index in [1.807, 2.05) is 49.2 Å². The lowest BCUT2D eigenvalue weighted by molar-refractivity contribution is -0.117. The molecule has 5 heteroatoms. The molecular formula is C16H20N4O. The van der Waals surface area contributed by atoms with Crippen LogP contribution >= 0.6 is 0 Å². The number of aryl methyl sites for hydroxylation is 1. The third-order valence-electron chi connectivity index (χ3n) is 3.14. The zero-order chi connectivity index (χ0) is 15.2. The lowest BCUT2D eigenvalue weighted by atomic mass is 10.1. The van der Waals surface area contributed by atoms with E-state index in [1.54, 1.807) is 12.3 Å². The van der Waals surface area contributed by atoms with E-state index in [0.29, 0.717) is 17.9 Å². The number of nitrogens with one attached hydrogen (secondary N) is 1. The maximum atomic E-state index is 12.1. The highest BCUT2D eigenvalue weighted by atomic mass is 16.2. The van der Waals surface area contributed by atoms with Gasteiger partial charge in [-0.1, -0.05) is 18.2 Å². The van der Waals surface area contributed by atoms with Crippen LogP contribution in [-0.2, 0) is 11.3 Å². The lowest BCUT2D eigenvalue weighted by Gasteiger charge is -2.17. The van der Waals surface area contributed by atoms with E-state index in [9.17, 15) is 4.79 Å². The molecule has 110 valence electrons. The van der Waals surface area contributed by atoms with Crippen molar-refractivity contribution in [3.05, 3.63) is 53.9 Å². The molecule has 0 bridgehead atoms. The van der Waals surface area contributed by atoms with E-state index in [2.05, 4.69) is 10.3 Å². The molecule has 0 fully saturated rings. The van der Waals surface area contributed by atoms with Gasteiger partial charge in [0, 0.05) is 12.7 Å². The highest BCUT2D eigenvalue weighted by molar-refractivity contribution is 5.96. The largest absolute Gasteiger partial charge is 0.397 e. The molecule has 0 saturated heterocycles. The van der Waals surface area contributed by atoms with Crippen molar-refractivity contribution in [3.8, 4) is 0 Å². The van der Waals surface area contributed by atoms with Gasteiger partial charge in [-0.15, -0.1) is 0 Å². The second-order valence-electron chi connectivity index (χ2n) is 5.08. The predicted molar refractivity (Wildman–Crippen MR) is 84.8 cm³/mol. The molecule has 0 saturated carbocycles. The molecular weight excluding hydrogens is 264 g/mol. The van der Waals surface area contributed by atoms with E-state index >= 15 is 0 Å². The van der Waals surface area contributed by atoms with E-state index in [1.165, 1.54) is 0 Å². The van der Waals surface area contributed by atoms with Crippen molar-refractivity contribution in [3.63, 3.8) is 0 Å². The Morgan fingerprint density at radius 1 is 1.29 bits per heavy atom. The van der Waals surface area contributed by atoms with Crippen molar-refractivity contribution < 1.29 is 4.79 Å². The minimum absolute atomic E-state index is 0.0885. The first-order valence-electron chi connectivity index (χ1n) is 6.79. The number of amides is 1. The fourth-order valence-corrected chi connectivity index (χ4v) is 2.11. The van der Waals surface area contributed by atoms with Crippen molar-refractivity contribution in [1.82, 2.24) is 9.88 Å². The van der Waals surface area contributed by atoms with Crippen molar-refractivity contribution in [1.29, 1.82) is 0 Å². The van der Waals surface area contributed by atoms with Crippen LogP contribution in [0.25, 0.3) is 0 Å². The van der Waals surface area contributed by atoms with Crippen LogP contribution in [0.15, 0.2) is 42.6 Å². The van der Waals surface area contributed by atoms with Crippen LogP contribution in [0.1, 0.15) is 11.3 Å². The summed E-state index contributed by atoms with van der Waals surface area (Å²) in [5, 5.41) is 2.87. The van der Waals surface area contributed by atoms with Gasteiger partial charge in [-0.05, 0) is 37.7 Å². The highest BCUT2D eigenvalue weighted by Gasteiger charge is 2.10. The van der Waals surface area contributed by atoms with Crippen LogP contribution in [0, 0.1) is 6.92 Å². The zero-order valence-corrected chi connectivity index (χ0v) is 12.3. The van der Waals surface area contributed by atoms with Crippen LogP contribution in [0.5, 0.6) is 0 Å². The molecule has 5 nitrogen and oxygen atoms in total. The number of likely N-dealkylation sites (N-methyl/N-ethyl adjacent to an activating group) is 1. The first kappa shape index (κ1) is 15.0. The first-order chi connectivity index (χ1) is 10.1. The number of carbonyl (C=O) groups excluding carboxylic acids is 1. The monoisotopic (exact) mass is 284 g/mol. The van der Waals surface area contributed by atoms with Gasteiger partial charge in [0.2, 0.25) is 5.91 Å². The second kappa shape index (κ2) is 6.85. The lowest BCUT2D eigenvalue weighted by Crippen LogP contribution is -2.30. The van der Waals surface area contributed by atoms with Crippen LogP contribution in [-0.4, -0.2) is 29.4 Å². The number of pyridine rings is 1. The smallest absolute Gasteiger partial charge is 0.238 e. The molecule has 0 aliphatic carbocycles. The Labute approximate surface area is 124 Å². The van der Waals surface area contributed by atoms with Crippen LogP contribution in [0.2, 0.25) is 0 Å². The highest BCUT2D eigenvalue weighted by Crippen LogP contribution is 2.22. The van der Waals surface area contributed by atoms with Crippen molar-refractivity contribution in [2.45, 2.75) is 13.5 Å². The molecule has 1 amide bonds. The normalized spacial score (nSPS) is 10.6. The molecule has 0 aliphatic rings. The summed E-state index contributed by atoms with van der Waals surface area (Å²) >= 11 is 0. The first-order valence-corrected chi connectivity index (χ1v) is 6.79. The standard InChI is InChI=1S/C16H20N4O/c1-12-6-5-8-14(17)16(12)19-15(21)11-20(2)10-13-7-3-4-9-18-13/h3-9H,10-11,17H2,1-2H3,(H,19,21). The average molecular weight is 284 g/mol. The van der Waals surface area contributed by atoms with Gasteiger partial charge in [-0.3, -0.25) is 14.7 Å². The van der Waals surface area contributed by atoms with Crippen LogP contribution in [0.3, 0.4) is 0 Å². The number of aromatic nitrogens is 1. The molecule has 1 aromatic carbocycles. The minimum Gasteiger partial charge on any atom is -0.397 e. The number of anilines is 2. The number of rotatable bonds is 5. The Balaban J connectivity index is 1.92. The SMILES string of the molecule is Cc1cccc(N)c1NC(=O)CN(C)Cc1ccccn1. The van der Waals surface area contributed by atoms with Gasteiger partial charge < -0.3 is 11.1 Å². The fraction of sp³-hybridized carbons (Fsp3) is 0.250. The van der Waals surface area contributed by atoms with E-state index in [-0.39, 0.29) is 12.5 Å². The Morgan fingerprint density at radius 2 is 2.10 bits per heavy atom. The van der Waals surface area contributed by atoms with E-state index in [0.717, 1.165) is 11.3 Å². The number of hydrogen-bond donors (Lipinski definition) is 2. The number of carbonyl (C=O) groups is 1. The third kappa shape index (κ3) is 4.29. The average Bonchev–Trinajstić information content (AvgIpc) is 2.44. The molecule has 2 aromatic rings. The number of nitrogen functional groups attached to an aromatic ring is 1. The summed E-state index contributed by atoms with van der Waals surface area (Å²) in [6.45, 7) is 2.82. The number of nitrogens with zero attached hydrogens (tertiary/aromatic N) is 2. The topological polar surface area (TPSA) is 71.2 Å². The quantitative estimate of drug-likeness (QED) is 0.824. The molecule has 0 spiro atoms. The number of hydrogen-bond acceptors (Lipinski definition) is 4. The second-order valence-corrected chi connectivity index (χ2v) is 5.08. The Morgan fingerprint density at radius 3 is 2.76 bits per heavy atom. The van der Waals surface area contributed by atoms with Gasteiger partial charge in [-0.25, -0.2) is 0 Å². The summed E-state index contributed by atoms with van der Waals surface area (Å²) in [7, 11) is 1.88. The summed E-state index contributed by atoms with van der Waals surface area (Å²) in [4.78, 5) is 18.2. The molecule has 0 radical (unpaired) electrons. The molecule has 0 aliphatic heterocycles.